The lowest BCUT2D eigenvalue weighted by molar-refractivity contribution is 0.174. The molecule has 8 heteroatoms. The average Bonchev–Trinajstić information content (AvgIpc) is 3.31. The van der Waals surface area contributed by atoms with Crippen LogP contribution in [0, 0.1) is 6.92 Å². The molecule has 0 unspecified atom stereocenters. The zero-order valence-corrected chi connectivity index (χ0v) is 17.5. The molecule has 1 aromatic heterocycles. The Hall–Kier alpha value is -3.55. The molecule has 8 nitrogen and oxygen atoms in total. The fourth-order valence-corrected chi connectivity index (χ4v) is 4.05. The van der Waals surface area contributed by atoms with Gasteiger partial charge in [0.15, 0.2) is 17.3 Å². The average molecular weight is 419 g/mol. The smallest absolute Gasteiger partial charge is 0.326 e. The molecule has 3 aromatic rings. The van der Waals surface area contributed by atoms with Crippen LogP contribution < -0.4 is 19.7 Å². The number of nitrogens with zero attached hydrogens (tertiary/aromatic N) is 4. The molecular formula is C23H25N5O3. The Labute approximate surface area is 180 Å². The summed E-state index contributed by atoms with van der Waals surface area (Å²) in [6.07, 6.45) is 4.32. The summed E-state index contributed by atoms with van der Waals surface area (Å²) in [6, 6.07) is 13.0. The van der Waals surface area contributed by atoms with E-state index in [0.29, 0.717) is 23.7 Å². The standard InChI is InChI=1S/C23H25N5O3/c1-16-6-5-7-17(12-16)24-23(29)28(18-9-10-19-20(13-18)31-15-30-19)14-22-26-25-21-8-3-2-4-11-27(21)22/h5-7,9-10,12-13H,2-4,8,11,14-15H2,1H3,(H,24,29). The molecule has 160 valence electrons. The zero-order chi connectivity index (χ0) is 21.2. The predicted molar refractivity (Wildman–Crippen MR) is 117 cm³/mol. The van der Waals surface area contributed by atoms with Crippen LogP contribution in [-0.4, -0.2) is 27.6 Å². The van der Waals surface area contributed by atoms with Gasteiger partial charge < -0.3 is 19.4 Å². The molecule has 0 bridgehead atoms. The molecule has 2 aliphatic heterocycles. The van der Waals surface area contributed by atoms with Crippen molar-refractivity contribution in [1.29, 1.82) is 0 Å². The number of hydrogen-bond donors (Lipinski definition) is 1. The van der Waals surface area contributed by atoms with E-state index in [4.69, 9.17) is 9.47 Å². The third-order valence-corrected chi connectivity index (χ3v) is 5.67. The first kappa shape index (κ1) is 19.4. The molecule has 2 amide bonds. The molecule has 0 radical (unpaired) electrons. The zero-order valence-electron chi connectivity index (χ0n) is 17.5. The molecule has 0 aliphatic carbocycles. The summed E-state index contributed by atoms with van der Waals surface area (Å²) in [7, 11) is 0. The van der Waals surface area contributed by atoms with Crippen molar-refractivity contribution in [2.75, 3.05) is 17.0 Å². The van der Waals surface area contributed by atoms with Crippen molar-refractivity contribution in [1.82, 2.24) is 14.8 Å². The fraction of sp³-hybridized carbons (Fsp3) is 0.348. The van der Waals surface area contributed by atoms with Gasteiger partial charge in [-0.15, -0.1) is 10.2 Å². The van der Waals surface area contributed by atoms with E-state index in [1.54, 1.807) is 4.90 Å². The van der Waals surface area contributed by atoms with Gasteiger partial charge in [0, 0.05) is 30.4 Å². The third-order valence-electron chi connectivity index (χ3n) is 5.67. The van der Waals surface area contributed by atoms with Gasteiger partial charge in [0.25, 0.3) is 0 Å². The number of ether oxygens (including phenoxy) is 2. The van der Waals surface area contributed by atoms with E-state index < -0.39 is 0 Å². The van der Waals surface area contributed by atoms with Crippen molar-refractivity contribution in [2.45, 2.75) is 45.7 Å². The van der Waals surface area contributed by atoms with Crippen molar-refractivity contribution in [3.63, 3.8) is 0 Å². The van der Waals surface area contributed by atoms with Crippen LogP contribution in [0.1, 0.15) is 36.5 Å². The first-order chi connectivity index (χ1) is 15.2. The third kappa shape index (κ3) is 4.05. The van der Waals surface area contributed by atoms with E-state index in [1.807, 2.05) is 49.4 Å². The molecule has 0 fully saturated rings. The molecule has 1 N–H and O–H groups in total. The van der Waals surface area contributed by atoms with Gasteiger partial charge in [-0.05, 0) is 49.6 Å². The predicted octanol–water partition coefficient (Wildman–Crippen LogP) is 4.28. The van der Waals surface area contributed by atoms with Crippen LogP contribution in [0.4, 0.5) is 16.2 Å². The number of aromatic nitrogens is 3. The maximum absolute atomic E-state index is 13.4. The summed E-state index contributed by atoms with van der Waals surface area (Å²) in [5, 5.41) is 11.8. The summed E-state index contributed by atoms with van der Waals surface area (Å²) in [6.45, 7) is 3.37. The largest absolute Gasteiger partial charge is 0.454 e. The molecule has 3 heterocycles. The van der Waals surface area contributed by atoms with E-state index >= 15 is 0 Å². The normalized spacial score (nSPS) is 14.6. The van der Waals surface area contributed by atoms with Gasteiger partial charge in [0.05, 0.1) is 6.54 Å². The maximum Gasteiger partial charge on any atom is 0.326 e. The number of rotatable bonds is 4. The molecule has 0 saturated carbocycles. The summed E-state index contributed by atoms with van der Waals surface area (Å²) in [4.78, 5) is 15.0. The SMILES string of the molecule is Cc1cccc(NC(=O)N(Cc2nnc3n2CCCCC3)c2ccc3c(c2)OCO3)c1. The number of urea groups is 1. The van der Waals surface area contributed by atoms with Crippen LogP contribution in [0.15, 0.2) is 42.5 Å². The Kier molecular flexibility index (Phi) is 5.19. The maximum atomic E-state index is 13.4. The van der Waals surface area contributed by atoms with Crippen molar-refractivity contribution in [2.24, 2.45) is 0 Å². The molecule has 0 saturated heterocycles. The lowest BCUT2D eigenvalue weighted by Crippen LogP contribution is -2.35. The van der Waals surface area contributed by atoms with E-state index in [-0.39, 0.29) is 12.8 Å². The van der Waals surface area contributed by atoms with Crippen molar-refractivity contribution < 1.29 is 14.3 Å². The van der Waals surface area contributed by atoms with Gasteiger partial charge in [0.2, 0.25) is 6.79 Å². The molecule has 31 heavy (non-hydrogen) atoms. The Morgan fingerprint density at radius 2 is 2.00 bits per heavy atom. The number of carbonyl (C=O) groups excluding carboxylic acids is 1. The highest BCUT2D eigenvalue weighted by atomic mass is 16.7. The number of aryl methyl sites for hydroxylation is 2. The second kappa shape index (κ2) is 8.29. The van der Waals surface area contributed by atoms with Gasteiger partial charge >= 0.3 is 6.03 Å². The Morgan fingerprint density at radius 3 is 2.90 bits per heavy atom. The summed E-state index contributed by atoms with van der Waals surface area (Å²) >= 11 is 0. The van der Waals surface area contributed by atoms with Crippen LogP contribution in [0.2, 0.25) is 0 Å². The van der Waals surface area contributed by atoms with E-state index in [9.17, 15) is 4.79 Å². The number of fused-ring (bicyclic) bond motifs is 2. The molecule has 0 atom stereocenters. The van der Waals surface area contributed by atoms with E-state index in [0.717, 1.165) is 48.7 Å². The number of anilines is 2. The molecule has 2 aliphatic rings. The number of amides is 2. The number of carbonyl (C=O) groups is 1. The molecular weight excluding hydrogens is 394 g/mol. The topological polar surface area (TPSA) is 81.5 Å². The first-order valence-electron chi connectivity index (χ1n) is 10.6. The van der Waals surface area contributed by atoms with Crippen LogP contribution in [0.5, 0.6) is 11.5 Å². The van der Waals surface area contributed by atoms with Crippen LogP contribution in [0.25, 0.3) is 0 Å². The van der Waals surface area contributed by atoms with Crippen LogP contribution in [-0.2, 0) is 19.5 Å². The summed E-state index contributed by atoms with van der Waals surface area (Å²) < 4.78 is 13.1. The lowest BCUT2D eigenvalue weighted by atomic mass is 10.2. The monoisotopic (exact) mass is 419 g/mol. The van der Waals surface area contributed by atoms with E-state index in [2.05, 4.69) is 20.1 Å². The van der Waals surface area contributed by atoms with Crippen LogP contribution in [0.3, 0.4) is 0 Å². The van der Waals surface area contributed by atoms with Gasteiger partial charge in [0.1, 0.15) is 5.82 Å². The Balaban J connectivity index is 1.47. The number of nitrogens with one attached hydrogen (secondary N) is 1. The second-order valence-electron chi connectivity index (χ2n) is 7.92. The van der Waals surface area contributed by atoms with Crippen molar-refractivity contribution in [3.8, 4) is 11.5 Å². The van der Waals surface area contributed by atoms with Crippen LogP contribution >= 0.6 is 0 Å². The Bertz CT molecular complexity index is 1110. The minimum atomic E-state index is -0.240. The minimum absolute atomic E-state index is 0.186. The Morgan fingerprint density at radius 1 is 1.10 bits per heavy atom. The highest BCUT2D eigenvalue weighted by Gasteiger charge is 2.24. The highest BCUT2D eigenvalue weighted by molar-refractivity contribution is 6.01. The quantitative estimate of drug-likeness (QED) is 0.683. The lowest BCUT2D eigenvalue weighted by Gasteiger charge is -2.23. The summed E-state index contributed by atoms with van der Waals surface area (Å²) in [5.41, 5.74) is 2.53. The second-order valence-corrected chi connectivity index (χ2v) is 7.92. The molecule has 2 aromatic carbocycles. The summed E-state index contributed by atoms with van der Waals surface area (Å²) in [5.74, 6) is 3.09. The van der Waals surface area contributed by atoms with Crippen molar-refractivity contribution >= 4 is 17.4 Å². The minimum Gasteiger partial charge on any atom is -0.454 e. The van der Waals surface area contributed by atoms with E-state index in [1.165, 1.54) is 6.42 Å². The fourth-order valence-electron chi connectivity index (χ4n) is 4.05. The van der Waals surface area contributed by atoms with Gasteiger partial charge in [-0.25, -0.2) is 4.79 Å². The molecule has 5 rings (SSSR count). The first-order valence-corrected chi connectivity index (χ1v) is 10.6. The van der Waals surface area contributed by atoms with Gasteiger partial charge in [-0.2, -0.15) is 0 Å². The van der Waals surface area contributed by atoms with Gasteiger partial charge in [-0.1, -0.05) is 18.6 Å². The highest BCUT2D eigenvalue weighted by Crippen LogP contribution is 2.36. The molecule has 0 spiro atoms. The number of benzene rings is 2. The van der Waals surface area contributed by atoms with Crippen molar-refractivity contribution in [3.05, 3.63) is 59.7 Å². The number of hydrogen-bond acceptors (Lipinski definition) is 5. The van der Waals surface area contributed by atoms with Gasteiger partial charge in [-0.3, -0.25) is 4.90 Å².